The molecule has 0 aliphatic rings. The summed E-state index contributed by atoms with van der Waals surface area (Å²) in [5.74, 6) is 1.87. The van der Waals surface area contributed by atoms with Crippen molar-refractivity contribution in [2.24, 2.45) is 0 Å². The van der Waals surface area contributed by atoms with Crippen LogP contribution < -0.4 is 4.74 Å². The summed E-state index contributed by atoms with van der Waals surface area (Å²) in [7, 11) is 3.43. The third-order valence-electron chi connectivity index (χ3n) is 4.32. The molecule has 7 nitrogen and oxygen atoms in total. The first-order valence-electron chi connectivity index (χ1n) is 8.96. The van der Waals surface area contributed by atoms with Crippen molar-refractivity contribution in [1.29, 1.82) is 0 Å². The largest absolute Gasteiger partial charge is 0.496 e. The summed E-state index contributed by atoms with van der Waals surface area (Å²) in [6, 6.07) is 11.5. The fourth-order valence-corrected chi connectivity index (χ4v) is 3.75. The Kier molecular flexibility index (Phi) is 6.65. The molecule has 8 heteroatoms. The van der Waals surface area contributed by atoms with Crippen LogP contribution in [0.3, 0.4) is 0 Å². The van der Waals surface area contributed by atoms with Crippen LogP contribution in [0, 0.1) is 0 Å². The number of para-hydroxylation sites is 1. The van der Waals surface area contributed by atoms with Crippen LogP contribution in [0.25, 0.3) is 11.4 Å². The zero-order chi connectivity index (χ0) is 19.9. The van der Waals surface area contributed by atoms with E-state index in [1.54, 1.807) is 31.5 Å². The molecule has 146 valence electrons. The van der Waals surface area contributed by atoms with Crippen LogP contribution in [0.1, 0.15) is 12.5 Å². The average Bonchev–Trinajstić information content (AvgIpc) is 3.15. The van der Waals surface area contributed by atoms with E-state index in [-0.39, 0.29) is 5.91 Å². The molecule has 0 aliphatic heterocycles. The molecule has 0 saturated carbocycles. The van der Waals surface area contributed by atoms with Crippen molar-refractivity contribution in [2.45, 2.75) is 25.2 Å². The number of carbonyl (C=O) groups is 1. The number of methoxy groups -OCH3 is 1. The fraction of sp³-hybridized carbons (Fsp3) is 0.300. The number of benzene rings is 1. The first kappa shape index (κ1) is 19.9. The Morgan fingerprint density at radius 3 is 2.64 bits per heavy atom. The summed E-state index contributed by atoms with van der Waals surface area (Å²) in [5, 5.41) is 9.29. The number of thioether (sulfide) groups is 1. The van der Waals surface area contributed by atoms with E-state index >= 15 is 0 Å². The predicted octanol–water partition coefficient (Wildman–Crippen LogP) is 3.12. The maximum absolute atomic E-state index is 12.6. The Bertz CT molecular complexity index is 929. The van der Waals surface area contributed by atoms with Crippen LogP contribution in [0.15, 0.2) is 53.9 Å². The number of rotatable bonds is 8. The molecule has 2 aromatic heterocycles. The third-order valence-corrected chi connectivity index (χ3v) is 5.27. The molecule has 0 aliphatic carbocycles. The van der Waals surface area contributed by atoms with Gasteiger partial charge in [-0.1, -0.05) is 30.0 Å². The zero-order valence-corrected chi connectivity index (χ0v) is 17.0. The van der Waals surface area contributed by atoms with Gasteiger partial charge in [-0.25, -0.2) is 0 Å². The van der Waals surface area contributed by atoms with Crippen molar-refractivity contribution in [3.63, 3.8) is 0 Å². The molecule has 28 heavy (non-hydrogen) atoms. The third kappa shape index (κ3) is 4.51. The van der Waals surface area contributed by atoms with Crippen LogP contribution in [0.2, 0.25) is 0 Å². The molecule has 0 radical (unpaired) electrons. The molecule has 1 aromatic carbocycles. The molecule has 3 rings (SSSR count). The minimum absolute atomic E-state index is 0.0204. The van der Waals surface area contributed by atoms with Gasteiger partial charge in [0, 0.05) is 43.7 Å². The molecule has 0 N–H and O–H groups in total. The van der Waals surface area contributed by atoms with Crippen molar-refractivity contribution in [1.82, 2.24) is 24.6 Å². The first-order valence-corrected chi connectivity index (χ1v) is 9.94. The van der Waals surface area contributed by atoms with Gasteiger partial charge in [-0.3, -0.25) is 9.78 Å². The second-order valence-electron chi connectivity index (χ2n) is 6.14. The molecular weight excluding hydrogens is 374 g/mol. The topological polar surface area (TPSA) is 73.1 Å². The Morgan fingerprint density at radius 2 is 1.93 bits per heavy atom. The summed E-state index contributed by atoms with van der Waals surface area (Å²) < 4.78 is 7.37. The number of amides is 1. The van der Waals surface area contributed by atoms with E-state index < -0.39 is 0 Å². The predicted molar refractivity (Wildman–Crippen MR) is 109 cm³/mol. The summed E-state index contributed by atoms with van der Waals surface area (Å²) in [4.78, 5) is 18.3. The zero-order valence-electron chi connectivity index (χ0n) is 16.2. The van der Waals surface area contributed by atoms with Gasteiger partial charge in [0.15, 0.2) is 11.0 Å². The normalized spacial score (nSPS) is 10.7. The van der Waals surface area contributed by atoms with E-state index in [9.17, 15) is 4.79 Å². The summed E-state index contributed by atoms with van der Waals surface area (Å²) in [6.07, 6.45) is 3.46. The van der Waals surface area contributed by atoms with Gasteiger partial charge in [-0.2, -0.15) is 0 Å². The lowest BCUT2D eigenvalue weighted by Crippen LogP contribution is -2.28. The van der Waals surface area contributed by atoms with Crippen LogP contribution in [-0.2, 0) is 17.9 Å². The van der Waals surface area contributed by atoms with E-state index in [0.29, 0.717) is 12.3 Å². The lowest BCUT2D eigenvalue weighted by Gasteiger charge is -2.18. The van der Waals surface area contributed by atoms with E-state index in [1.807, 2.05) is 47.9 Å². The SMILES string of the molecule is CCn1c(SCC(=O)N(C)Cc2ccccc2OC)nnc1-c1ccncc1. The van der Waals surface area contributed by atoms with Crippen molar-refractivity contribution in [3.05, 3.63) is 54.4 Å². The highest BCUT2D eigenvalue weighted by Crippen LogP contribution is 2.24. The number of nitrogens with zero attached hydrogens (tertiary/aromatic N) is 5. The second-order valence-corrected chi connectivity index (χ2v) is 7.08. The van der Waals surface area contributed by atoms with Crippen LogP contribution in [0.4, 0.5) is 0 Å². The van der Waals surface area contributed by atoms with Gasteiger partial charge in [0.1, 0.15) is 5.75 Å². The molecule has 0 spiro atoms. The number of hydrogen-bond donors (Lipinski definition) is 0. The highest BCUT2D eigenvalue weighted by molar-refractivity contribution is 7.99. The van der Waals surface area contributed by atoms with Gasteiger partial charge >= 0.3 is 0 Å². The summed E-state index contributed by atoms with van der Waals surface area (Å²) in [5.41, 5.74) is 1.93. The Labute approximate surface area is 168 Å². The van der Waals surface area contributed by atoms with Crippen LogP contribution in [-0.4, -0.2) is 50.5 Å². The summed E-state index contributed by atoms with van der Waals surface area (Å²) >= 11 is 1.40. The molecular formula is C20H23N5O2S. The molecule has 0 fully saturated rings. The average molecular weight is 398 g/mol. The van der Waals surface area contributed by atoms with Gasteiger partial charge in [-0.15, -0.1) is 10.2 Å². The lowest BCUT2D eigenvalue weighted by molar-refractivity contribution is -0.127. The maximum atomic E-state index is 12.6. The lowest BCUT2D eigenvalue weighted by atomic mass is 10.2. The van der Waals surface area contributed by atoms with Crippen molar-refractivity contribution >= 4 is 17.7 Å². The number of hydrogen-bond acceptors (Lipinski definition) is 6. The molecule has 0 bridgehead atoms. The number of aromatic nitrogens is 4. The van der Waals surface area contributed by atoms with Gasteiger partial charge < -0.3 is 14.2 Å². The molecule has 2 heterocycles. The second kappa shape index (κ2) is 9.36. The molecule has 0 atom stereocenters. The molecule has 1 amide bonds. The number of pyridine rings is 1. The molecule has 3 aromatic rings. The minimum Gasteiger partial charge on any atom is -0.496 e. The number of carbonyl (C=O) groups excluding carboxylic acids is 1. The van der Waals surface area contributed by atoms with E-state index in [1.165, 1.54) is 11.8 Å². The quantitative estimate of drug-likeness (QED) is 0.544. The van der Waals surface area contributed by atoms with Crippen LogP contribution in [0.5, 0.6) is 5.75 Å². The maximum Gasteiger partial charge on any atom is 0.233 e. The van der Waals surface area contributed by atoms with E-state index in [4.69, 9.17) is 4.74 Å². The Balaban J connectivity index is 1.65. The molecule has 0 unspecified atom stereocenters. The van der Waals surface area contributed by atoms with Gasteiger partial charge in [0.2, 0.25) is 5.91 Å². The van der Waals surface area contributed by atoms with Crippen molar-refractivity contribution in [2.75, 3.05) is 19.9 Å². The van der Waals surface area contributed by atoms with Gasteiger partial charge in [-0.05, 0) is 25.1 Å². The number of ether oxygens (including phenoxy) is 1. The van der Waals surface area contributed by atoms with Gasteiger partial charge in [0.25, 0.3) is 0 Å². The fourth-order valence-electron chi connectivity index (χ4n) is 2.81. The highest BCUT2D eigenvalue weighted by atomic mass is 32.2. The Hall–Kier alpha value is -2.87. The van der Waals surface area contributed by atoms with Gasteiger partial charge in [0.05, 0.1) is 12.9 Å². The van der Waals surface area contributed by atoms with E-state index in [0.717, 1.165) is 34.4 Å². The minimum atomic E-state index is 0.0204. The van der Waals surface area contributed by atoms with Crippen molar-refractivity contribution < 1.29 is 9.53 Å². The van der Waals surface area contributed by atoms with Crippen LogP contribution >= 0.6 is 11.8 Å². The first-order chi connectivity index (χ1) is 13.6. The summed E-state index contributed by atoms with van der Waals surface area (Å²) in [6.45, 7) is 3.25. The highest BCUT2D eigenvalue weighted by Gasteiger charge is 2.17. The molecule has 0 saturated heterocycles. The standard InChI is InChI=1S/C20H23N5O2S/c1-4-25-19(15-9-11-21-12-10-15)22-23-20(25)28-14-18(26)24(2)13-16-7-5-6-8-17(16)27-3/h5-12H,4,13-14H2,1-3H3. The smallest absolute Gasteiger partial charge is 0.233 e. The monoisotopic (exact) mass is 397 g/mol. The van der Waals surface area contributed by atoms with E-state index in [2.05, 4.69) is 15.2 Å². The Morgan fingerprint density at radius 1 is 1.18 bits per heavy atom. The van der Waals surface area contributed by atoms with Crippen molar-refractivity contribution in [3.8, 4) is 17.1 Å².